The predicted molar refractivity (Wildman–Crippen MR) is 77.4 cm³/mol. The number of amides is 2. The van der Waals surface area contributed by atoms with Crippen molar-refractivity contribution in [3.05, 3.63) is 51.7 Å². The number of benzene rings is 1. The highest BCUT2D eigenvalue weighted by Crippen LogP contribution is 2.32. The summed E-state index contributed by atoms with van der Waals surface area (Å²) in [4.78, 5) is 15.8. The number of thiazole rings is 1. The van der Waals surface area contributed by atoms with Crippen LogP contribution >= 0.6 is 11.3 Å². The van der Waals surface area contributed by atoms with Crippen molar-refractivity contribution in [2.24, 2.45) is 0 Å². The average molecular weight is 347 g/mol. The van der Waals surface area contributed by atoms with Crippen molar-refractivity contribution in [3.63, 3.8) is 0 Å². The molecule has 0 saturated carbocycles. The number of urea groups is 1. The van der Waals surface area contributed by atoms with Crippen LogP contribution in [-0.2, 0) is 6.54 Å². The quantitative estimate of drug-likeness (QED) is 0.829. The van der Waals surface area contributed by atoms with Crippen molar-refractivity contribution < 1.29 is 22.4 Å². The number of rotatable bonds is 4. The molecule has 4 nitrogen and oxygen atoms in total. The molecular weight excluding hydrogens is 334 g/mol. The van der Waals surface area contributed by atoms with Crippen LogP contribution in [0.15, 0.2) is 29.6 Å². The number of alkyl halides is 3. The Balaban J connectivity index is 2.02. The molecule has 2 aromatic rings. The molecule has 2 N–H and O–H groups in total. The molecule has 0 aliphatic rings. The van der Waals surface area contributed by atoms with Crippen LogP contribution in [0.4, 0.5) is 22.4 Å². The van der Waals surface area contributed by atoms with E-state index in [0.29, 0.717) is 5.01 Å². The highest BCUT2D eigenvalue weighted by Gasteiger charge is 2.41. The topological polar surface area (TPSA) is 54.0 Å². The van der Waals surface area contributed by atoms with Gasteiger partial charge in [-0.1, -0.05) is 12.1 Å². The lowest BCUT2D eigenvalue weighted by Gasteiger charge is -2.22. The van der Waals surface area contributed by atoms with E-state index in [-0.39, 0.29) is 12.1 Å². The van der Waals surface area contributed by atoms with Gasteiger partial charge in [-0.2, -0.15) is 13.2 Å². The van der Waals surface area contributed by atoms with Gasteiger partial charge in [0.1, 0.15) is 10.8 Å². The summed E-state index contributed by atoms with van der Waals surface area (Å²) < 4.78 is 52.1. The van der Waals surface area contributed by atoms with Gasteiger partial charge in [-0.3, -0.25) is 0 Å². The number of carbonyl (C=O) groups is 1. The molecular formula is C14H13F4N3OS. The van der Waals surface area contributed by atoms with E-state index in [4.69, 9.17) is 0 Å². The molecule has 23 heavy (non-hydrogen) atoms. The summed E-state index contributed by atoms with van der Waals surface area (Å²) in [5.41, 5.74) is 0.519. The van der Waals surface area contributed by atoms with E-state index in [1.54, 1.807) is 12.3 Å². The predicted octanol–water partition coefficient (Wildman–Crippen LogP) is 3.69. The highest BCUT2D eigenvalue weighted by atomic mass is 32.1. The van der Waals surface area contributed by atoms with Gasteiger partial charge in [0, 0.05) is 11.1 Å². The largest absolute Gasteiger partial charge is 0.412 e. The van der Waals surface area contributed by atoms with Gasteiger partial charge in [0.25, 0.3) is 0 Å². The van der Waals surface area contributed by atoms with E-state index in [0.717, 1.165) is 30.0 Å². The van der Waals surface area contributed by atoms with E-state index < -0.39 is 24.1 Å². The fourth-order valence-corrected chi connectivity index (χ4v) is 2.54. The minimum atomic E-state index is -4.70. The minimum absolute atomic E-state index is 0.0261. The number of aryl methyl sites for hydroxylation is 1. The molecule has 0 aliphatic carbocycles. The Morgan fingerprint density at radius 2 is 1.96 bits per heavy atom. The molecule has 0 spiro atoms. The first kappa shape index (κ1) is 17.2. The summed E-state index contributed by atoms with van der Waals surface area (Å²) >= 11 is 1.30. The Labute approximate surface area is 133 Å². The zero-order valence-electron chi connectivity index (χ0n) is 11.9. The molecule has 2 amide bonds. The number of aromatic nitrogens is 1. The average Bonchev–Trinajstić information content (AvgIpc) is 2.88. The summed E-state index contributed by atoms with van der Waals surface area (Å²) in [5, 5.41) is 6.52. The standard InChI is InChI=1S/C14H13F4N3OS/c1-8-7-23-11(20-8)6-19-13(22)21-12(14(16,17)18)9-2-4-10(15)5-3-9/h2-5,7,12H,6H2,1H3,(H2,19,21,22)/t12-/m0/s1. The molecule has 0 aliphatic heterocycles. The number of nitrogens with one attached hydrogen (secondary N) is 2. The Bertz CT molecular complexity index is 669. The Hall–Kier alpha value is -2.16. The van der Waals surface area contributed by atoms with Crippen LogP contribution in [0, 0.1) is 12.7 Å². The number of carbonyl (C=O) groups excluding carboxylic acids is 1. The maximum atomic E-state index is 13.1. The second-order valence-electron chi connectivity index (χ2n) is 4.74. The van der Waals surface area contributed by atoms with Crippen LogP contribution in [0.5, 0.6) is 0 Å². The maximum absolute atomic E-state index is 13.1. The van der Waals surface area contributed by atoms with Crippen molar-refractivity contribution in [1.29, 1.82) is 0 Å². The van der Waals surface area contributed by atoms with E-state index in [9.17, 15) is 22.4 Å². The minimum Gasteiger partial charge on any atom is -0.332 e. The summed E-state index contributed by atoms with van der Waals surface area (Å²) in [6, 6.07) is 0.583. The van der Waals surface area contributed by atoms with Crippen LogP contribution in [0.3, 0.4) is 0 Å². The number of halogens is 4. The van der Waals surface area contributed by atoms with Gasteiger partial charge in [0.15, 0.2) is 6.04 Å². The number of nitrogens with zero attached hydrogens (tertiary/aromatic N) is 1. The van der Waals surface area contributed by atoms with Gasteiger partial charge in [-0.25, -0.2) is 14.2 Å². The maximum Gasteiger partial charge on any atom is 0.412 e. The first-order chi connectivity index (χ1) is 10.8. The van der Waals surface area contributed by atoms with Gasteiger partial charge >= 0.3 is 12.2 Å². The summed E-state index contributed by atoms with van der Waals surface area (Å²) in [6.45, 7) is 1.80. The second kappa shape index (κ2) is 6.95. The molecule has 0 radical (unpaired) electrons. The van der Waals surface area contributed by atoms with Crippen molar-refractivity contribution in [1.82, 2.24) is 15.6 Å². The molecule has 0 unspecified atom stereocenters. The van der Waals surface area contributed by atoms with Gasteiger partial charge in [-0.05, 0) is 24.6 Å². The van der Waals surface area contributed by atoms with Gasteiger partial charge in [0.05, 0.1) is 6.54 Å². The summed E-state index contributed by atoms with van der Waals surface area (Å²) in [7, 11) is 0. The molecule has 0 fully saturated rings. The van der Waals surface area contributed by atoms with Crippen LogP contribution in [0.2, 0.25) is 0 Å². The summed E-state index contributed by atoms with van der Waals surface area (Å²) in [6.07, 6.45) is -4.70. The molecule has 2 rings (SSSR count). The highest BCUT2D eigenvalue weighted by molar-refractivity contribution is 7.09. The van der Waals surface area contributed by atoms with Crippen LogP contribution in [0.1, 0.15) is 22.3 Å². The van der Waals surface area contributed by atoms with Crippen LogP contribution in [-0.4, -0.2) is 17.2 Å². The zero-order valence-corrected chi connectivity index (χ0v) is 12.8. The molecule has 1 aromatic heterocycles. The molecule has 9 heteroatoms. The third kappa shape index (κ3) is 4.92. The fourth-order valence-electron chi connectivity index (χ4n) is 1.83. The van der Waals surface area contributed by atoms with Gasteiger partial charge in [0.2, 0.25) is 0 Å². The smallest absolute Gasteiger partial charge is 0.332 e. The van der Waals surface area contributed by atoms with Crippen LogP contribution < -0.4 is 10.6 Å². The normalized spacial score (nSPS) is 12.7. The lowest BCUT2D eigenvalue weighted by Crippen LogP contribution is -2.43. The Morgan fingerprint density at radius 3 is 2.48 bits per heavy atom. The number of hydrogen-bond donors (Lipinski definition) is 2. The van der Waals surface area contributed by atoms with Gasteiger partial charge < -0.3 is 10.6 Å². The van der Waals surface area contributed by atoms with Crippen molar-refractivity contribution in [2.75, 3.05) is 0 Å². The van der Waals surface area contributed by atoms with Crippen molar-refractivity contribution in [3.8, 4) is 0 Å². The third-order valence-electron chi connectivity index (χ3n) is 2.87. The Kier molecular flexibility index (Phi) is 5.19. The summed E-state index contributed by atoms with van der Waals surface area (Å²) in [5.74, 6) is -0.654. The van der Waals surface area contributed by atoms with Crippen molar-refractivity contribution >= 4 is 17.4 Å². The van der Waals surface area contributed by atoms with E-state index in [2.05, 4.69) is 10.3 Å². The van der Waals surface area contributed by atoms with E-state index >= 15 is 0 Å². The molecule has 0 bridgehead atoms. The molecule has 0 saturated heterocycles. The second-order valence-corrected chi connectivity index (χ2v) is 5.68. The number of hydrogen-bond acceptors (Lipinski definition) is 3. The molecule has 1 heterocycles. The van der Waals surface area contributed by atoms with Crippen LogP contribution in [0.25, 0.3) is 0 Å². The fraction of sp³-hybridized carbons (Fsp3) is 0.286. The molecule has 1 aromatic carbocycles. The van der Waals surface area contributed by atoms with E-state index in [1.807, 2.05) is 5.32 Å². The third-order valence-corrected chi connectivity index (χ3v) is 3.84. The van der Waals surface area contributed by atoms with E-state index in [1.165, 1.54) is 11.3 Å². The Morgan fingerprint density at radius 1 is 1.30 bits per heavy atom. The van der Waals surface area contributed by atoms with Crippen molar-refractivity contribution in [2.45, 2.75) is 25.7 Å². The molecule has 124 valence electrons. The lowest BCUT2D eigenvalue weighted by atomic mass is 10.1. The monoisotopic (exact) mass is 347 g/mol. The SMILES string of the molecule is Cc1csc(CNC(=O)N[C@@H](c2ccc(F)cc2)C(F)(F)F)n1. The van der Waals surface area contributed by atoms with Gasteiger partial charge in [-0.15, -0.1) is 11.3 Å². The molecule has 1 atom stereocenters. The first-order valence-electron chi connectivity index (χ1n) is 6.53. The zero-order chi connectivity index (χ0) is 17.0. The first-order valence-corrected chi connectivity index (χ1v) is 7.41. The lowest BCUT2D eigenvalue weighted by molar-refractivity contribution is -0.154.